The summed E-state index contributed by atoms with van der Waals surface area (Å²) in [6, 6.07) is 56.1. The van der Waals surface area contributed by atoms with Crippen LogP contribution in [0.25, 0.3) is 22.3 Å². The molecule has 0 saturated carbocycles. The van der Waals surface area contributed by atoms with E-state index in [4.69, 9.17) is 4.74 Å². The Labute approximate surface area is 316 Å². The zero-order chi connectivity index (χ0) is 35.1. The molecule has 258 valence electrons. The van der Waals surface area contributed by atoms with Crippen LogP contribution >= 0.6 is 0 Å². The summed E-state index contributed by atoms with van der Waals surface area (Å²) < 4.78 is 9.48. The predicted molar refractivity (Wildman–Crippen MR) is 204 cm³/mol. The molecule has 0 aromatic heterocycles. The molecule has 6 aliphatic rings. The quantitative estimate of drug-likeness (QED) is 0.142. The number of benzene rings is 6. The first-order valence-electron chi connectivity index (χ1n) is 18.0. The van der Waals surface area contributed by atoms with Crippen molar-refractivity contribution in [1.29, 1.82) is 0 Å². The molecule has 6 aromatic carbocycles. The fourth-order valence-electron chi connectivity index (χ4n) is 9.66. The molecule has 12 rings (SSSR count). The van der Waals surface area contributed by atoms with Crippen LogP contribution < -0.4 is 4.74 Å². The van der Waals surface area contributed by atoms with E-state index >= 15 is 0 Å². The summed E-state index contributed by atoms with van der Waals surface area (Å²) in [7, 11) is 0. The Hall–Kier alpha value is -5.77. The van der Waals surface area contributed by atoms with Gasteiger partial charge in [0.15, 0.2) is 0 Å². The molecule has 0 amide bonds. The Bertz CT molecular complexity index is 2470. The molecule has 6 bridgehead atoms. The van der Waals surface area contributed by atoms with Gasteiger partial charge in [0, 0.05) is 0 Å². The van der Waals surface area contributed by atoms with Gasteiger partial charge in [-0.1, -0.05) is 0 Å². The molecule has 6 aromatic rings. The van der Waals surface area contributed by atoms with Crippen molar-refractivity contribution < 1.29 is 22.4 Å². The summed E-state index contributed by atoms with van der Waals surface area (Å²) in [4.78, 5) is 10.2. The average Bonchev–Trinajstić information content (AvgIpc) is 3.96. The van der Waals surface area contributed by atoms with E-state index in [1.165, 1.54) is 52.8 Å². The summed E-state index contributed by atoms with van der Waals surface area (Å²) in [5.41, 5.74) is 10.4. The molecule has 4 aliphatic heterocycles. The van der Waals surface area contributed by atoms with Crippen molar-refractivity contribution in [1.82, 2.24) is 19.6 Å². The van der Waals surface area contributed by atoms with Crippen molar-refractivity contribution in [2.24, 2.45) is 0 Å². The minimum atomic E-state index is -0.815. The van der Waals surface area contributed by atoms with E-state index in [0.29, 0.717) is 11.5 Å². The van der Waals surface area contributed by atoms with Gasteiger partial charge in [-0.3, -0.25) is 0 Å². The Balaban J connectivity index is 1.25. The van der Waals surface area contributed by atoms with Crippen LogP contribution in [-0.2, 0) is 28.7 Å². The third kappa shape index (κ3) is 3.52. The average molecular weight is 864 g/mol. The summed E-state index contributed by atoms with van der Waals surface area (Å²) in [6.45, 7) is 4.70. The SMILES string of the molecule is CC1(C)N2C=CN3[C]2=[Pt]=[C]2N(C=CN21)C1(c2[c-]c(ccc2)Oc2[c-]c(ccc2)C32c3ccccc3-c3ccccc32)c2ccccc2-c2ccccc21. The summed E-state index contributed by atoms with van der Waals surface area (Å²) >= 11 is -0.815. The van der Waals surface area contributed by atoms with Gasteiger partial charge in [0.25, 0.3) is 0 Å². The van der Waals surface area contributed by atoms with Gasteiger partial charge in [-0.05, 0) is 0 Å². The van der Waals surface area contributed by atoms with E-state index in [9.17, 15) is 0 Å². The predicted octanol–water partition coefficient (Wildman–Crippen LogP) is 8.82. The first-order chi connectivity index (χ1) is 26.0. The van der Waals surface area contributed by atoms with Gasteiger partial charge >= 0.3 is 318 Å². The van der Waals surface area contributed by atoms with Gasteiger partial charge in [0.2, 0.25) is 0 Å². The van der Waals surface area contributed by atoms with E-state index in [-0.39, 0.29) is 0 Å². The van der Waals surface area contributed by atoms with E-state index in [0.717, 1.165) is 11.1 Å². The first-order valence-corrected chi connectivity index (χ1v) is 20.3. The molecule has 2 spiro atoms. The molecule has 0 unspecified atom stereocenters. The summed E-state index contributed by atoms with van der Waals surface area (Å²) in [5, 5.41) is 0. The van der Waals surface area contributed by atoms with Gasteiger partial charge < -0.3 is 0 Å². The molecule has 53 heavy (non-hydrogen) atoms. The molecule has 0 N–H and O–H groups in total. The van der Waals surface area contributed by atoms with Crippen LogP contribution in [-0.4, -0.2) is 33.6 Å². The van der Waals surface area contributed by atoms with Crippen molar-refractivity contribution >= 4 is 8.29 Å². The second-order valence-electron chi connectivity index (χ2n) is 14.7. The number of hydrogen-bond acceptors (Lipinski definition) is 5. The molecule has 5 nitrogen and oxygen atoms in total. The summed E-state index contributed by atoms with van der Waals surface area (Å²) in [5.74, 6) is 1.33. The first kappa shape index (κ1) is 29.8. The molecular weight excluding hydrogens is 832 g/mol. The molecule has 2 aliphatic carbocycles. The fourth-order valence-corrected chi connectivity index (χ4v) is 13.9. The zero-order valence-corrected chi connectivity index (χ0v) is 31.3. The monoisotopic (exact) mass is 863 g/mol. The number of hydrogen-bond donors (Lipinski definition) is 0. The topological polar surface area (TPSA) is 22.2 Å². The zero-order valence-electron chi connectivity index (χ0n) is 29.0. The Morgan fingerprint density at radius 3 is 1.19 bits per heavy atom. The van der Waals surface area contributed by atoms with E-state index in [2.05, 4.69) is 192 Å². The Morgan fingerprint density at radius 1 is 0.434 bits per heavy atom. The Kier molecular flexibility index (Phi) is 5.74. The second kappa shape index (κ2) is 10.2. The maximum atomic E-state index is 6.84. The van der Waals surface area contributed by atoms with Crippen LogP contribution in [0.4, 0.5) is 0 Å². The van der Waals surface area contributed by atoms with Crippen molar-refractivity contribution in [3.05, 3.63) is 204 Å². The third-order valence-electron chi connectivity index (χ3n) is 11.9. The van der Waals surface area contributed by atoms with Gasteiger partial charge in [-0.15, -0.1) is 0 Å². The van der Waals surface area contributed by atoms with Crippen molar-refractivity contribution in [3.63, 3.8) is 0 Å². The van der Waals surface area contributed by atoms with Crippen LogP contribution in [0.1, 0.15) is 47.2 Å². The van der Waals surface area contributed by atoms with Crippen molar-refractivity contribution in [2.75, 3.05) is 0 Å². The number of nitrogens with zero attached hydrogens (tertiary/aromatic N) is 4. The number of fused-ring (bicyclic) bond motifs is 18. The number of rotatable bonds is 0. The maximum absolute atomic E-state index is 6.84. The van der Waals surface area contributed by atoms with E-state index < -0.39 is 34.4 Å². The molecule has 4 heterocycles. The van der Waals surface area contributed by atoms with Crippen LogP contribution in [0.5, 0.6) is 11.5 Å². The molecule has 0 fully saturated rings. The van der Waals surface area contributed by atoms with Gasteiger partial charge in [0.1, 0.15) is 0 Å². The van der Waals surface area contributed by atoms with Crippen LogP contribution in [0.15, 0.2) is 158 Å². The fraction of sp³-hybridized carbons (Fsp3) is 0.106. The summed E-state index contributed by atoms with van der Waals surface area (Å²) in [6.07, 6.45) is 9.26. The van der Waals surface area contributed by atoms with E-state index in [1.54, 1.807) is 0 Å². The normalized spacial score (nSPS) is 19.4. The standard InChI is InChI=1S/C47H32N4O.Pt/c1-45(2)48-25-27-50(31-48)46(41-21-7-3-17-37(41)38-18-4-8-22-42(38)46)33-13-11-15-35(29-33)52-36-16-12-14-34(30-36)47(51-28-26-49(45)32-51)43-23-9-5-19-39(43)40-20-6-10-24-44(40)47;/h3-28H,1-2H3;/q-2;. The van der Waals surface area contributed by atoms with Gasteiger partial charge in [0.05, 0.1) is 0 Å². The Morgan fingerprint density at radius 2 is 0.792 bits per heavy atom. The van der Waals surface area contributed by atoms with Gasteiger partial charge in [-0.25, -0.2) is 0 Å². The molecule has 0 saturated heterocycles. The van der Waals surface area contributed by atoms with Crippen LogP contribution in [0, 0.1) is 12.1 Å². The van der Waals surface area contributed by atoms with Gasteiger partial charge in [-0.2, -0.15) is 0 Å². The van der Waals surface area contributed by atoms with E-state index in [1.807, 2.05) is 12.1 Å². The third-order valence-corrected chi connectivity index (χ3v) is 15.1. The second-order valence-corrected chi connectivity index (χ2v) is 17.3. The van der Waals surface area contributed by atoms with Crippen molar-refractivity contribution in [3.8, 4) is 33.8 Å². The number of ether oxygens (including phenoxy) is 1. The molecular formula is C47H32N4OPt-2. The van der Waals surface area contributed by atoms with Crippen molar-refractivity contribution in [2.45, 2.75) is 30.6 Å². The molecule has 0 radical (unpaired) electrons. The molecule has 6 heteroatoms. The van der Waals surface area contributed by atoms with Crippen LogP contribution in [0.2, 0.25) is 0 Å². The van der Waals surface area contributed by atoms with Crippen LogP contribution in [0.3, 0.4) is 0 Å². The minimum absolute atomic E-state index is 0.394. The molecule has 0 atom stereocenters.